The predicted molar refractivity (Wildman–Crippen MR) is 179 cm³/mol. The summed E-state index contributed by atoms with van der Waals surface area (Å²) in [4.78, 5) is 49.9. The van der Waals surface area contributed by atoms with Gasteiger partial charge in [-0.25, -0.2) is 4.79 Å². The van der Waals surface area contributed by atoms with Crippen molar-refractivity contribution >= 4 is 61.0 Å². The minimum absolute atomic E-state index is 0. The molecule has 0 amide bonds. The number of hydrogen-bond acceptors (Lipinski definition) is 14. The first-order chi connectivity index (χ1) is 23.7. The van der Waals surface area contributed by atoms with Crippen molar-refractivity contribution in [2.45, 2.75) is 39.9 Å². The molecule has 0 aliphatic carbocycles. The van der Waals surface area contributed by atoms with E-state index < -0.39 is 36.3 Å². The molecular weight excluding hydrogens is 716 g/mol. The number of benzene rings is 2. The largest absolute Gasteiger partial charge is 1.00 e. The zero-order valence-corrected chi connectivity index (χ0v) is 28.3. The van der Waals surface area contributed by atoms with E-state index in [1.165, 1.54) is 0 Å². The van der Waals surface area contributed by atoms with Crippen LogP contribution in [0.1, 0.15) is 22.8 Å². The van der Waals surface area contributed by atoms with E-state index in [9.17, 15) is 30.1 Å². The number of aliphatic hydroxyl groups is 3. The van der Waals surface area contributed by atoms with Crippen LogP contribution < -0.4 is 5.11 Å². The molecule has 2 atom stereocenters. The molecule has 0 bridgehead atoms. The van der Waals surface area contributed by atoms with Crippen LogP contribution in [0.2, 0.25) is 0 Å². The number of nitrogens with zero attached hydrogens (tertiary/aromatic N) is 6. The Balaban J connectivity index is 0.000000175. The number of esters is 1. The Kier molecular flexibility index (Phi) is 11.4. The van der Waals surface area contributed by atoms with E-state index in [1.54, 1.807) is 36.4 Å². The van der Waals surface area contributed by atoms with Crippen molar-refractivity contribution in [1.29, 1.82) is 0 Å². The maximum atomic E-state index is 11.2. The molecule has 51 heavy (non-hydrogen) atoms. The number of rotatable bonds is 4. The number of nitro groups is 2. The number of pyridine rings is 4. The Labute approximate surface area is 298 Å². The second-order valence-corrected chi connectivity index (χ2v) is 11.3. The van der Waals surface area contributed by atoms with Gasteiger partial charge in [-0.3, -0.25) is 40.2 Å². The van der Waals surface area contributed by atoms with E-state index in [4.69, 9.17) is 15.3 Å². The van der Waals surface area contributed by atoms with E-state index in [0.29, 0.717) is 32.8 Å². The van der Waals surface area contributed by atoms with Crippen LogP contribution in [0.3, 0.4) is 0 Å². The van der Waals surface area contributed by atoms with Crippen LogP contribution >= 0.6 is 0 Å². The summed E-state index contributed by atoms with van der Waals surface area (Å²) in [5.74, 6) is -2.87. The summed E-state index contributed by atoms with van der Waals surface area (Å²) in [6.45, 7) is 6.58. The maximum Gasteiger partial charge on any atom is 1.00 e. The van der Waals surface area contributed by atoms with Gasteiger partial charge in [-0.2, -0.15) is 0 Å². The van der Waals surface area contributed by atoms with E-state index >= 15 is 0 Å². The molecule has 2 unspecified atom stereocenters. The van der Waals surface area contributed by atoms with Gasteiger partial charge in [-0.15, -0.1) is 6.61 Å². The van der Waals surface area contributed by atoms with E-state index in [1.807, 2.05) is 52.0 Å². The summed E-state index contributed by atoms with van der Waals surface area (Å²) in [7, 11) is 0. The van der Waals surface area contributed by atoms with Crippen molar-refractivity contribution in [1.82, 2.24) is 19.9 Å². The number of aromatic nitrogens is 4. The molecular formula is C34H29CuN6O10. The van der Waals surface area contributed by atoms with E-state index in [2.05, 4.69) is 24.7 Å². The third kappa shape index (κ3) is 7.81. The molecule has 0 saturated heterocycles. The number of ether oxygens (including phenoxy) is 1. The number of aryl methyl sites for hydroxylation is 4. The second kappa shape index (κ2) is 15.3. The van der Waals surface area contributed by atoms with Crippen LogP contribution in [0.15, 0.2) is 72.2 Å². The summed E-state index contributed by atoms with van der Waals surface area (Å²) >= 11 is 0. The molecule has 1 aliphatic heterocycles. The van der Waals surface area contributed by atoms with Crippen molar-refractivity contribution in [2.24, 2.45) is 0 Å². The van der Waals surface area contributed by atoms with Gasteiger partial charge in [0.25, 0.3) is 11.4 Å². The van der Waals surface area contributed by atoms with Crippen LogP contribution in [0, 0.1) is 47.9 Å². The smallest absolute Gasteiger partial charge is 0.853 e. The van der Waals surface area contributed by atoms with Gasteiger partial charge in [0, 0.05) is 45.7 Å². The van der Waals surface area contributed by atoms with Crippen LogP contribution in [-0.4, -0.2) is 69.9 Å². The molecule has 16 nitrogen and oxygen atoms in total. The Morgan fingerprint density at radius 1 is 0.706 bits per heavy atom. The molecule has 0 spiro atoms. The number of fused-ring (bicyclic) bond motifs is 6. The minimum Gasteiger partial charge on any atom is -0.853 e. The predicted octanol–water partition coefficient (Wildman–Crippen LogP) is 4.57. The Morgan fingerprint density at radius 3 is 1.41 bits per heavy atom. The molecule has 4 aromatic heterocycles. The molecule has 3 N–H and O–H groups in total. The average Bonchev–Trinajstić information content (AvgIpc) is 3.34. The first-order valence-corrected chi connectivity index (χ1v) is 14.9. The zero-order chi connectivity index (χ0) is 36.4. The van der Waals surface area contributed by atoms with Gasteiger partial charge < -0.3 is 25.2 Å². The van der Waals surface area contributed by atoms with Crippen LogP contribution in [0.4, 0.5) is 11.4 Å². The number of aliphatic hydroxyl groups excluding tert-OH is 3. The fourth-order valence-electron chi connectivity index (χ4n) is 5.20. The molecule has 0 radical (unpaired) electrons. The molecule has 7 rings (SSSR count). The Hall–Kier alpha value is -5.87. The number of cyclic esters (lactones) is 1. The molecule has 6 aromatic rings. The molecule has 2 aromatic carbocycles. The van der Waals surface area contributed by atoms with Crippen molar-refractivity contribution in [3.8, 4) is 0 Å². The van der Waals surface area contributed by atoms with Gasteiger partial charge in [-0.1, -0.05) is 12.1 Å². The first-order valence-electron chi connectivity index (χ1n) is 14.9. The summed E-state index contributed by atoms with van der Waals surface area (Å²) in [6, 6.07) is 17.5. The number of carbonyl (C=O) groups excluding carboxylic acids is 1. The van der Waals surface area contributed by atoms with Crippen molar-refractivity contribution in [3.63, 3.8) is 0 Å². The molecule has 0 saturated carbocycles. The van der Waals surface area contributed by atoms with Gasteiger partial charge in [0.15, 0.2) is 11.9 Å². The summed E-state index contributed by atoms with van der Waals surface area (Å²) in [5.41, 5.74) is 6.11. The van der Waals surface area contributed by atoms with E-state index in [0.717, 1.165) is 33.5 Å². The number of nitro benzene ring substituents is 2. The number of hydrogen-bond donors (Lipinski definition) is 3. The zero-order valence-electron chi connectivity index (χ0n) is 27.3. The maximum absolute atomic E-state index is 11.2. The molecule has 1 aliphatic rings. The fourth-order valence-corrected chi connectivity index (χ4v) is 5.20. The summed E-state index contributed by atoms with van der Waals surface area (Å²) in [5, 5.41) is 61.5. The van der Waals surface area contributed by atoms with Gasteiger partial charge in [0.05, 0.1) is 37.8 Å². The molecule has 17 heteroatoms. The minimum atomic E-state index is -1.53. The Bertz CT molecular complexity index is 2250. The van der Waals surface area contributed by atoms with Gasteiger partial charge in [-0.05, 0) is 64.1 Å². The normalized spacial score (nSPS) is 14.3. The molecule has 5 heterocycles. The van der Waals surface area contributed by atoms with Gasteiger partial charge in [0.2, 0.25) is 5.76 Å². The van der Waals surface area contributed by atoms with Crippen LogP contribution in [-0.2, 0) is 26.6 Å². The summed E-state index contributed by atoms with van der Waals surface area (Å²) in [6.07, 6.45) is -2.95. The van der Waals surface area contributed by atoms with E-state index in [-0.39, 0.29) is 38.3 Å². The van der Waals surface area contributed by atoms with Gasteiger partial charge in [0.1, 0.15) is 11.0 Å². The third-order valence-corrected chi connectivity index (χ3v) is 7.64. The number of carbonyl (C=O) groups is 1. The monoisotopic (exact) mass is 744 g/mol. The fraction of sp³-hybridized carbons (Fsp3) is 0.206. The topological polar surface area (TPSA) is 248 Å². The third-order valence-electron chi connectivity index (χ3n) is 7.64. The van der Waals surface area contributed by atoms with Crippen LogP contribution in [0.5, 0.6) is 0 Å². The second-order valence-electron chi connectivity index (χ2n) is 11.3. The van der Waals surface area contributed by atoms with Crippen molar-refractivity contribution < 1.29 is 56.9 Å². The van der Waals surface area contributed by atoms with Crippen molar-refractivity contribution in [2.75, 3.05) is 6.61 Å². The molecule has 0 fully saturated rings. The SMILES string of the molecule is Cc1ccc2cc([N+](=O)[O-])c3ccc(C)nc3c2n1.Cc1ccc2cc([N+](=O)[O-])c3ccc(C)nc3c2n1.O=C1OC(C(O)C[O-])C(O)=C1O.[Cu+]. The molecule has 266 valence electrons. The van der Waals surface area contributed by atoms with Gasteiger partial charge >= 0.3 is 23.0 Å². The standard InChI is InChI=1S/2C14H11N3O2.C6H7O6.Cu/c2*1-8-3-5-10-7-12(17(18)19)11-6-4-9(2)16-14(11)13(10)15-8;7-1-2(8)5-3(9)4(10)6(11)12-5;/h2*3-7H,1-2H3;2,5,8-10H,1H2;/q;;-1;+1. The van der Waals surface area contributed by atoms with Crippen LogP contribution in [0.25, 0.3) is 43.6 Å². The quantitative estimate of drug-likeness (QED) is 0.0735. The summed E-state index contributed by atoms with van der Waals surface area (Å²) < 4.78 is 4.28. The average molecular weight is 745 g/mol. The number of non-ortho nitro benzene ring substituents is 2. The first kappa shape index (κ1) is 37.9. The Morgan fingerprint density at radius 2 is 1.08 bits per heavy atom. The van der Waals surface area contributed by atoms with Crippen molar-refractivity contribution in [3.05, 3.63) is 115 Å².